The standard InChI is InChI=1S/C26H26N2O5/c1-18-5-7-19(8-6-18)23(29)22-4-2-15-28(22)16-17-33-21-11-9-20(10-12-21)24(30)27-26(25(31)32)13-3-14-26/h2,4-12,15H,3,13-14,16-17H2,1H3,(H,27,30)(H,31,32). The fraction of sp³-hybridized carbons (Fsp3) is 0.269. The van der Waals surface area contributed by atoms with Crippen LogP contribution in [-0.2, 0) is 11.3 Å². The van der Waals surface area contributed by atoms with Crippen LogP contribution in [0.15, 0.2) is 66.9 Å². The van der Waals surface area contributed by atoms with Crippen molar-refractivity contribution in [1.29, 1.82) is 0 Å². The number of aromatic nitrogens is 1. The van der Waals surface area contributed by atoms with Gasteiger partial charge in [0, 0.05) is 17.3 Å². The number of aryl methyl sites for hydroxylation is 1. The Labute approximate surface area is 192 Å². The minimum atomic E-state index is -1.14. The van der Waals surface area contributed by atoms with E-state index in [0.29, 0.717) is 48.6 Å². The van der Waals surface area contributed by atoms with Gasteiger partial charge in [-0.05, 0) is 62.6 Å². The van der Waals surface area contributed by atoms with Gasteiger partial charge in [0.25, 0.3) is 5.91 Å². The summed E-state index contributed by atoms with van der Waals surface area (Å²) in [6.07, 6.45) is 3.53. The second-order valence-electron chi connectivity index (χ2n) is 8.35. The molecule has 0 atom stereocenters. The Morgan fingerprint density at radius 2 is 1.67 bits per heavy atom. The molecule has 7 nitrogen and oxygen atoms in total. The van der Waals surface area contributed by atoms with Gasteiger partial charge in [-0.25, -0.2) is 4.79 Å². The van der Waals surface area contributed by atoms with Gasteiger partial charge in [-0.2, -0.15) is 0 Å². The summed E-state index contributed by atoms with van der Waals surface area (Å²) in [4.78, 5) is 36.7. The van der Waals surface area contributed by atoms with Crippen molar-refractivity contribution in [1.82, 2.24) is 9.88 Å². The van der Waals surface area contributed by atoms with E-state index in [-0.39, 0.29) is 5.78 Å². The van der Waals surface area contributed by atoms with E-state index in [1.807, 2.05) is 48.0 Å². The summed E-state index contributed by atoms with van der Waals surface area (Å²) in [6.45, 7) is 2.81. The quantitative estimate of drug-likeness (QED) is 0.487. The third-order valence-electron chi connectivity index (χ3n) is 6.06. The lowest BCUT2D eigenvalue weighted by molar-refractivity contribution is -0.148. The first-order valence-corrected chi connectivity index (χ1v) is 10.9. The number of nitrogens with zero attached hydrogens (tertiary/aromatic N) is 1. The Kier molecular flexibility index (Phi) is 6.31. The predicted molar refractivity (Wildman–Crippen MR) is 123 cm³/mol. The summed E-state index contributed by atoms with van der Waals surface area (Å²) in [7, 11) is 0. The number of benzene rings is 2. The van der Waals surface area contributed by atoms with E-state index in [9.17, 15) is 19.5 Å². The van der Waals surface area contributed by atoms with Gasteiger partial charge in [-0.15, -0.1) is 0 Å². The summed E-state index contributed by atoms with van der Waals surface area (Å²) in [6, 6.07) is 17.7. The molecular weight excluding hydrogens is 420 g/mol. The molecule has 0 radical (unpaired) electrons. The molecule has 1 aliphatic rings. The lowest BCUT2D eigenvalue weighted by Gasteiger charge is -2.38. The van der Waals surface area contributed by atoms with Gasteiger partial charge in [-0.3, -0.25) is 9.59 Å². The number of nitrogens with one attached hydrogen (secondary N) is 1. The summed E-state index contributed by atoms with van der Waals surface area (Å²) in [5.41, 5.74) is 1.57. The Bertz CT molecular complexity index is 1160. The van der Waals surface area contributed by atoms with E-state index in [4.69, 9.17) is 4.74 Å². The van der Waals surface area contributed by atoms with Crippen molar-refractivity contribution in [3.63, 3.8) is 0 Å². The van der Waals surface area contributed by atoms with E-state index in [1.165, 1.54) is 0 Å². The van der Waals surface area contributed by atoms with Crippen LogP contribution in [0.2, 0.25) is 0 Å². The topological polar surface area (TPSA) is 97.6 Å². The van der Waals surface area contributed by atoms with E-state index >= 15 is 0 Å². The van der Waals surface area contributed by atoms with Crippen molar-refractivity contribution in [2.45, 2.75) is 38.3 Å². The number of carbonyl (C=O) groups is 3. The highest BCUT2D eigenvalue weighted by Crippen LogP contribution is 2.32. The first-order chi connectivity index (χ1) is 15.9. The molecule has 1 aliphatic carbocycles. The van der Waals surface area contributed by atoms with Gasteiger partial charge in [0.05, 0.1) is 12.2 Å². The molecule has 1 amide bonds. The molecule has 1 heterocycles. The fourth-order valence-electron chi connectivity index (χ4n) is 3.84. The van der Waals surface area contributed by atoms with Crippen LogP contribution >= 0.6 is 0 Å². The molecule has 0 spiro atoms. The largest absolute Gasteiger partial charge is 0.492 e. The molecule has 170 valence electrons. The Hall–Kier alpha value is -3.87. The maximum atomic E-state index is 12.8. The first-order valence-electron chi connectivity index (χ1n) is 10.9. The zero-order valence-corrected chi connectivity index (χ0v) is 18.4. The lowest BCUT2D eigenvalue weighted by atomic mass is 9.76. The number of hydrogen-bond acceptors (Lipinski definition) is 4. The van der Waals surface area contributed by atoms with Gasteiger partial charge in [0.15, 0.2) is 0 Å². The molecule has 2 N–H and O–H groups in total. The fourth-order valence-corrected chi connectivity index (χ4v) is 3.84. The van der Waals surface area contributed by atoms with Crippen molar-refractivity contribution in [3.05, 3.63) is 89.2 Å². The van der Waals surface area contributed by atoms with Crippen molar-refractivity contribution >= 4 is 17.7 Å². The number of carboxylic acid groups (broad SMARTS) is 1. The molecule has 4 rings (SSSR count). The summed E-state index contributed by atoms with van der Waals surface area (Å²) in [5, 5.41) is 12.0. The second kappa shape index (κ2) is 9.32. The number of rotatable bonds is 9. The molecule has 33 heavy (non-hydrogen) atoms. The Morgan fingerprint density at radius 1 is 1.00 bits per heavy atom. The van der Waals surface area contributed by atoms with Crippen molar-refractivity contribution in [3.8, 4) is 5.75 Å². The zero-order chi connectivity index (χ0) is 23.4. The smallest absolute Gasteiger partial charge is 0.329 e. The number of hydrogen-bond donors (Lipinski definition) is 2. The van der Waals surface area contributed by atoms with Crippen LogP contribution in [-0.4, -0.2) is 39.5 Å². The Balaban J connectivity index is 1.32. The highest BCUT2D eigenvalue weighted by atomic mass is 16.5. The van der Waals surface area contributed by atoms with Crippen molar-refractivity contribution < 1.29 is 24.2 Å². The highest BCUT2D eigenvalue weighted by molar-refractivity contribution is 6.08. The predicted octanol–water partition coefficient (Wildman–Crippen LogP) is 3.84. The lowest BCUT2D eigenvalue weighted by Crippen LogP contribution is -2.59. The van der Waals surface area contributed by atoms with E-state index in [2.05, 4.69) is 5.32 Å². The summed E-state index contributed by atoms with van der Waals surface area (Å²) in [5.74, 6) is -0.856. The zero-order valence-electron chi connectivity index (χ0n) is 18.4. The number of carboxylic acids is 1. The molecular formula is C26H26N2O5. The SMILES string of the molecule is Cc1ccc(C(=O)c2cccn2CCOc2ccc(C(=O)NC3(C(=O)O)CCC3)cc2)cc1. The maximum absolute atomic E-state index is 12.8. The minimum absolute atomic E-state index is 0.0408. The molecule has 0 saturated heterocycles. The minimum Gasteiger partial charge on any atom is -0.492 e. The first kappa shape index (κ1) is 22.3. The van der Waals surface area contributed by atoms with Gasteiger partial charge in [0.1, 0.15) is 17.9 Å². The molecule has 1 aromatic heterocycles. The van der Waals surface area contributed by atoms with Crippen LogP contribution < -0.4 is 10.1 Å². The number of aliphatic carboxylic acids is 1. The number of ether oxygens (including phenoxy) is 1. The molecule has 1 saturated carbocycles. The van der Waals surface area contributed by atoms with Gasteiger partial charge in [0.2, 0.25) is 5.78 Å². The van der Waals surface area contributed by atoms with Crippen LogP contribution in [0.3, 0.4) is 0 Å². The monoisotopic (exact) mass is 446 g/mol. The molecule has 0 bridgehead atoms. The van der Waals surface area contributed by atoms with Crippen molar-refractivity contribution in [2.75, 3.05) is 6.61 Å². The molecule has 7 heteroatoms. The summed E-state index contributed by atoms with van der Waals surface area (Å²) >= 11 is 0. The van der Waals surface area contributed by atoms with Gasteiger partial charge < -0.3 is 19.7 Å². The van der Waals surface area contributed by atoms with Gasteiger partial charge in [-0.1, -0.05) is 29.8 Å². The average Bonchev–Trinajstić information content (AvgIpc) is 3.25. The molecule has 0 aliphatic heterocycles. The van der Waals surface area contributed by atoms with Crippen LogP contribution in [0.1, 0.15) is 51.2 Å². The maximum Gasteiger partial charge on any atom is 0.329 e. The van der Waals surface area contributed by atoms with E-state index < -0.39 is 17.4 Å². The van der Waals surface area contributed by atoms with Crippen LogP contribution in [0, 0.1) is 6.92 Å². The highest BCUT2D eigenvalue weighted by Gasteiger charge is 2.45. The molecule has 3 aromatic rings. The van der Waals surface area contributed by atoms with Crippen LogP contribution in [0.25, 0.3) is 0 Å². The third-order valence-corrected chi connectivity index (χ3v) is 6.06. The second-order valence-corrected chi connectivity index (χ2v) is 8.35. The third kappa shape index (κ3) is 4.82. The van der Waals surface area contributed by atoms with E-state index in [1.54, 1.807) is 30.3 Å². The molecule has 0 unspecified atom stereocenters. The van der Waals surface area contributed by atoms with Crippen molar-refractivity contribution in [2.24, 2.45) is 0 Å². The average molecular weight is 447 g/mol. The molecule has 2 aromatic carbocycles. The molecule has 1 fully saturated rings. The van der Waals surface area contributed by atoms with Gasteiger partial charge >= 0.3 is 5.97 Å². The number of carbonyl (C=O) groups excluding carboxylic acids is 2. The summed E-state index contributed by atoms with van der Waals surface area (Å²) < 4.78 is 7.64. The van der Waals surface area contributed by atoms with Crippen LogP contribution in [0.5, 0.6) is 5.75 Å². The normalized spacial score (nSPS) is 14.2. The number of amides is 1. The Morgan fingerprint density at radius 3 is 2.27 bits per heavy atom. The van der Waals surface area contributed by atoms with E-state index in [0.717, 1.165) is 12.0 Å². The van der Waals surface area contributed by atoms with Crippen LogP contribution in [0.4, 0.5) is 0 Å². The number of ketones is 1.